The van der Waals surface area contributed by atoms with Crippen LogP contribution in [0.25, 0.3) is 10.2 Å². The zero-order valence-electron chi connectivity index (χ0n) is 13.2. The van der Waals surface area contributed by atoms with Crippen molar-refractivity contribution in [1.82, 2.24) is 9.88 Å². The third kappa shape index (κ3) is 2.78. The van der Waals surface area contributed by atoms with Gasteiger partial charge in [-0.3, -0.25) is 4.90 Å². The summed E-state index contributed by atoms with van der Waals surface area (Å²) in [5.41, 5.74) is 2.29. The fourth-order valence-electron chi connectivity index (χ4n) is 2.72. The smallest absolute Gasteiger partial charge is 0.231 e. The Hall–Kier alpha value is -2.11. The Kier molecular flexibility index (Phi) is 3.67. The molecule has 0 aliphatic carbocycles. The number of hydrogen-bond donors (Lipinski definition) is 0. The van der Waals surface area contributed by atoms with Crippen molar-refractivity contribution < 1.29 is 9.47 Å². The van der Waals surface area contributed by atoms with E-state index in [2.05, 4.69) is 49.2 Å². The molecule has 23 heavy (non-hydrogen) atoms. The van der Waals surface area contributed by atoms with Crippen LogP contribution in [-0.2, 0) is 6.54 Å². The number of rotatable bonds is 4. The Morgan fingerprint density at radius 2 is 2.00 bits per heavy atom. The number of thiazole rings is 1. The Morgan fingerprint density at radius 1 is 1.17 bits per heavy atom. The first-order valence-electron chi connectivity index (χ1n) is 7.65. The fourth-order valence-corrected chi connectivity index (χ4v) is 3.81. The minimum Gasteiger partial charge on any atom is -0.454 e. The van der Waals surface area contributed by atoms with Gasteiger partial charge in [0, 0.05) is 6.54 Å². The monoisotopic (exact) mass is 326 g/mol. The molecule has 1 aromatic heterocycles. The molecule has 2 heterocycles. The summed E-state index contributed by atoms with van der Waals surface area (Å²) in [6.07, 6.45) is 0. The van der Waals surface area contributed by atoms with Crippen LogP contribution in [0.4, 0.5) is 0 Å². The molecule has 4 nitrogen and oxygen atoms in total. The Balaban J connectivity index is 1.52. The first kappa shape index (κ1) is 14.5. The van der Waals surface area contributed by atoms with Gasteiger partial charge in [0.15, 0.2) is 11.5 Å². The fraction of sp³-hybridized carbons (Fsp3) is 0.278. The molecule has 0 spiro atoms. The van der Waals surface area contributed by atoms with Crippen LogP contribution in [0.3, 0.4) is 0 Å². The second kappa shape index (κ2) is 5.83. The second-order valence-electron chi connectivity index (χ2n) is 5.80. The van der Waals surface area contributed by atoms with Crippen molar-refractivity contribution in [3.05, 3.63) is 53.0 Å². The molecular formula is C18H18N2O2S. The highest BCUT2D eigenvalue weighted by molar-refractivity contribution is 7.18. The SMILES string of the molecule is C[C@H](c1nc2ccccc2s1)N(C)Cc1ccc2c(c1)OCO2. The van der Waals surface area contributed by atoms with Crippen LogP contribution in [-0.4, -0.2) is 23.7 Å². The van der Waals surface area contributed by atoms with Crippen molar-refractivity contribution >= 4 is 21.6 Å². The van der Waals surface area contributed by atoms with Gasteiger partial charge >= 0.3 is 0 Å². The van der Waals surface area contributed by atoms with Gasteiger partial charge in [-0.2, -0.15) is 0 Å². The maximum absolute atomic E-state index is 5.45. The largest absolute Gasteiger partial charge is 0.454 e. The van der Waals surface area contributed by atoms with Crippen molar-refractivity contribution in [2.24, 2.45) is 0 Å². The van der Waals surface area contributed by atoms with E-state index >= 15 is 0 Å². The number of benzene rings is 2. The first-order valence-corrected chi connectivity index (χ1v) is 8.46. The number of aromatic nitrogens is 1. The van der Waals surface area contributed by atoms with Gasteiger partial charge in [0.2, 0.25) is 6.79 Å². The highest BCUT2D eigenvalue weighted by atomic mass is 32.1. The molecule has 2 aromatic carbocycles. The summed E-state index contributed by atoms with van der Waals surface area (Å²) in [6, 6.07) is 14.7. The molecule has 0 unspecified atom stereocenters. The van der Waals surface area contributed by atoms with Crippen LogP contribution in [0, 0.1) is 0 Å². The minimum absolute atomic E-state index is 0.262. The van der Waals surface area contributed by atoms with Crippen LogP contribution in [0.15, 0.2) is 42.5 Å². The van der Waals surface area contributed by atoms with Gasteiger partial charge in [-0.05, 0) is 43.8 Å². The van der Waals surface area contributed by atoms with E-state index in [0.29, 0.717) is 6.79 Å². The first-order chi connectivity index (χ1) is 11.2. The Labute approximate surface area is 139 Å². The van der Waals surface area contributed by atoms with E-state index < -0.39 is 0 Å². The van der Waals surface area contributed by atoms with Gasteiger partial charge in [0.05, 0.1) is 16.3 Å². The highest BCUT2D eigenvalue weighted by Gasteiger charge is 2.18. The molecule has 4 rings (SSSR count). The van der Waals surface area contributed by atoms with E-state index in [4.69, 9.17) is 14.5 Å². The molecule has 0 saturated carbocycles. The van der Waals surface area contributed by atoms with E-state index in [0.717, 1.165) is 28.6 Å². The summed E-state index contributed by atoms with van der Waals surface area (Å²) in [7, 11) is 2.13. The molecule has 0 N–H and O–H groups in total. The summed E-state index contributed by atoms with van der Waals surface area (Å²) in [4.78, 5) is 7.07. The number of ether oxygens (including phenoxy) is 2. The van der Waals surface area contributed by atoms with E-state index in [9.17, 15) is 0 Å². The van der Waals surface area contributed by atoms with Crippen molar-refractivity contribution in [2.45, 2.75) is 19.5 Å². The van der Waals surface area contributed by atoms with Crippen LogP contribution in [0.1, 0.15) is 23.5 Å². The lowest BCUT2D eigenvalue weighted by Crippen LogP contribution is -2.21. The van der Waals surface area contributed by atoms with Crippen molar-refractivity contribution in [3.63, 3.8) is 0 Å². The average molecular weight is 326 g/mol. The lowest BCUT2D eigenvalue weighted by molar-refractivity contribution is 0.174. The molecule has 1 atom stereocenters. The number of fused-ring (bicyclic) bond motifs is 2. The third-order valence-electron chi connectivity index (χ3n) is 4.20. The summed E-state index contributed by atoms with van der Waals surface area (Å²) < 4.78 is 12.1. The van der Waals surface area contributed by atoms with Crippen LogP contribution >= 0.6 is 11.3 Å². The normalized spacial score (nSPS) is 14.6. The standard InChI is InChI=1S/C18H18N2O2S/c1-12(18-19-14-5-3-4-6-17(14)23-18)20(2)10-13-7-8-15-16(9-13)22-11-21-15/h3-9,12H,10-11H2,1-2H3/t12-/m1/s1. The summed E-state index contributed by atoms with van der Waals surface area (Å²) >= 11 is 1.77. The lowest BCUT2D eigenvalue weighted by atomic mass is 10.1. The number of para-hydroxylation sites is 1. The Morgan fingerprint density at radius 3 is 2.87 bits per heavy atom. The van der Waals surface area contributed by atoms with Crippen molar-refractivity contribution in [1.29, 1.82) is 0 Å². The maximum atomic E-state index is 5.45. The lowest BCUT2D eigenvalue weighted by Gasteiger charge is -2.23. The predicted molar refractivity (Wildman–Crippen MR) is 92.1 cm³/mol. The van der Waals surface area contributed by atoms with E-state index in [1.165, 1.54) is 10.3 Å². The van der Waals surface area contributed by atoms with Crippen LogP contribution < -0.4 is 9.47 Å². The summed E-state index contributed by atoms with van der Waals surface area (Å²) in [5, 5.41) is 1.15. The molecule has 0 fully saturated rings. The highest BCUT2D eigenvalue weighted by Crippen LogP contribution is 2.34. The molecule has 3 aromatic rings. The number of nitrogens with zero attached hydrogens (tertiary/aromatic N) is 2. The molecule has 0 bridgehead atoms. The molecule has 1 aliphatic rings. The number of hydrogen-bond acceptors (Lipinski definition) is 5. The second-order valence-corrected chi connectivity index (χ2v) is 6.86. The quantitative estimate of drug-likeness (QED) is 0.719. The topological polar surface area (TPSA) is 34.6 Å². The molecule has 0 radical (unpaired) electrons. The van der Waals surface area contributed by atoms with Gasteiger partial charge in [0.25, 0.3) is 0 Å². The molecule has 0 saturated heterocycles. The van der Waals surface area contributed by atoms with Gasteiger partial charge in [-0.15, -0.1) is 11.3 Å². The van der Waals surface area contributed by atoms with Crippen molar-refractivity contribution in [3.8, 4) is 11.5 Å². The Bertz CT molecular complexity index is 813. The van der Waals surface area contributed by atoms with Gasteiger partial charge < -0.3 is 9.47 Å². The third-order valence-corrected chi connectivity index (χ3v) is 5.40. The van der Waals surface area contributed by atoms with Crippen molar-refractivity contribution in [2.75, 3.05) is 13.8 Å². The van der Waals surface area contributed by atoms with Gasteiger partial charge in [-0.25, -0.2) is 4.98 Å². The molecule has 0 amide bonds. The summed E-state index contributed by atoms with van der Waals surface area (Å²) in [5.74, 6) is 1.67. The zero-order chi connectivity index (χ0) is 15.8. The van der Waals surface area contributed by atoms with Gasteiger partial charge in [-0.1, -0.05) is 18.2 Å². The summed E-state index contributed by atoms with van der Waals surface area (Å²) in [6.45, 7) is 3.36. The molecule has 118 valence electrons. The van der Waals surface area contributed by atoms with Crippen LogP contribution in [0.2, 0.25) is 0 Å². The predicted octanol–water partition coefficient (Wildman–Crippen LogP) is 4.22. The van der Waals surface area contributed by atoms with Crippen LogP contribution in [0.5, 0.6) is 11.5 Å². The van der Waals surface area contributed by atoms with E-state index in [-0.39, 0.29) is 6.04 Å². The molecule has 1 aliphatic heterocycles. The molecule has 5 heteroatoms. The average Bonchev–Trinajstić information content (AvgIpc) is 3.19. The minimum atomic E-state index is 0.262. The van der Waals surface area contributed by atoms with E-state index in [1.54, 1.807) is 11.3 Å². The molecular weight excluding hydrogens is 308 g/mol. The maximum Gasteiger partial charge on any atom is 0.231 e. The van der Waals surface area contributed by atoms with E-state index in [1.807, 2.05) is 12.1 Å². The zero-order valence-corrected chi connectivity index (χ0v) is 14.0. The van der Waals surface area contributed by atoms with Gasteiger partial charge in [0.1, 0.15) is 5.01 Å².